The van der Waals surface area contributed by atoms with Crippen molar-refractivity contribution >= 4 is 46.7 Å². The van der Waals surface area contributed by atoms with Crippen molar-refractivity contribution in [2.24, 2.45) is 4.99 Å². The summed E-state index contributed by atoms with van der Waals surface area (Å²) in [6, 6.07) is 5.99. The minimum absolute atomic E-state index is 0. The zero-order valence-electron chi connectivity index (χ0n) is 18.6. The van der Waals surface area contributed by atoms with E-state index in [1.165, 1.54) is 12.0 Å². The number of carbonyl (C=O) groups is 1. The molecule has 1 aromatic carbocycles. The molecule has 1 saturated heterocycles. The van der Waals surface area contributed by atoms with Crippen molar-refractivity contribution in [3.63, 3.8) is 0 Å². The van der Waals surface area contributed by atoms with Gasteiger partial charge < -0.3 is 30.0 Å². The summed E-state index contributed by atoms with van der Waals surface area (Å²) < 4.78 is 11.3. The van der Waals surface area contributed by atoms with Gasteiger partial charge in [-0.15, -0.1) is 24.0 Å². The Morgan fingerprint density at radius 2 is 2.16 bits per heavy atom. The zero-order chi connectivity index (χ0) is 21.3. The Labute approximate surface area is 201 Å². The third-order valence-electron chi connectivity index (χ3n) is 5.30. The van der Waals surface area contributed by atoms with Crippen molar-refractivity contribution in [3.8, 4) is 5.75 Å². The van der Waals surface area contributed by atoms with E-state index >= 15 is 0 Å². The summed E-state index contributed by atoms with van der Waals surface area (Å²) >= 11 is 0. The second-order valence-electron chi connectivity index (χ2n) is 7.70. The average molecular weight is 543 g/mol. The van der Waals surface area contributed by atoms with Crippen LogP contribution in [0.2, 0.25) is 0 Å². The molecule has 0 spiro atoms. The van der Waals surface area contributed by atoms with E-state index in [0.29, 0.717) is 19.0 Å². The number of fused-ring (bicyclic) bond motifs is 1. The van der Waals surface area contributed by atoms with Crippen molar-refractivity contribution < 1.29 is 14.3 Å². The lowest BCUT2D eigenvalue weighted by Gasteiger charge is -2.24. The maximum absolute atomic E-state index is 12.0. The van der Waals surface area contributed by atoms with Gasteiger partial charge in [-0.05, 0) is 43.4 Å². The number of rotatable bonds is 8. The summed E-state index contributed by atoms with van der Waals surface area (Å²) in [6.45, 7) is 2.28. The first-order valence-electron chi connectivity index (χ1n) is 10.6. The molecule has 172 valence electrons. The molecule has 1 aliphatic rings. The van der Waals surface area contributed by atoms with E-state index in [1.807, 2.05) is 24.4 Å². The molecule has 31 heavy (non-hydrogen) atoms. The van der Waals surface area contributed by atoms with Crippen LogP contribution in [0, 0.1) is 0 Å². The van der Waals surface area contributed by atoms with Crippen LogP contribution in [0.5, 0.6) is 5.75 Å². The maximum Gasteiger partial charge on any atom is 0.243 e. The molecule has 0 bridgehead atoms. The maximum atomic E-state index is 12.0. The SMILES string of the molecule is COc1cccc2[nH]cc(CCNC(=NCC(=O)N(C)C)NCC3CCCCO3)c12.I. The number of methoxy groups -OCH3 is 1. The lowest BCUT2D eigenvalue weighted by Crippen LogP contribution is -2.43. The van der Waals surface area contributed by atoms with E-state index in [9.17, 15) is 4.79 Å². The first-order chi connectivity index (χ1) is 14.6. The normalized spacial score (nSPS) is 16.5. The molecule has 1 unspecified atom stereocenters. The standard InChI is InChI=1S/C22H33N5O3.HI/c1-27(2)20(28)15-26-22(25-14-17-7-4-5-12-30-17)23-11-10-16-13-24-18-8-6-9-19(29-3)21(16)18;/h6,8-9,13,17,24H,4-5,7,10-12,14-15H2,1-3H3,(H2,23,25,26);1H. The first kappa shape index (κ1) is 25.3. The second kappa shape index (κ2) is 12.7. The molecule has 2 heterocycles. The number of ether oxygens (including phenoxy) is 2. The van der Waals surface area contributed by atoms with Crippen molar-refractivity contribution in [2.75, 3.05) is 47.4 Å². The molecule has 9 heteroatoms. The van der Waals surface area contributed by atoms with Crippen molar-refractivity contribution in [3.05, 3.63) is 30.0 Å². The van der Waals surface area contributed by atoms with E-state index in [0.717, 1.165) is 42.5 Å². The Balaban J connectivity index is 0.00000341. The van der Waals surface area contributed by atoms with Crippen LogP contribution in [-0.4, -0.2) is 75.3 Å². The molecule has 1 aliphatic heterocycles. The monoisotopic (exact) mass is 543 g/mol. The fourth-order valence-corrected chi connectivity index (χ4v) is 3.54. The molecular formula is C22H34IN5O3. The number of aliphatic imine (C=N–C) groups is 1. The van der Waals surface area contributed by atoms with E-state index < -0.39 is 0 Å². The number of aromatic amines is 1. The lowest BCUT2D eigenvalue weighted by atomic mass is 10.1. The molecule has 0 aliphatic carbocycles. The summed E-state index contributed by atoms with van der Waals surface area (Å²) in [6.07, 6.45) is 6.36. The number of hydrogen-bond donors (Lipinski definition) is 3. The topological polar surface area (TPSA) is 91.0 Å². The predicted octanol–water partition coefficient (Wildman–Crippen LogP) is 2.53. The third-order valence-corrected chi connectivity index (χ3v) is 5.30. The largest absolute Gasteiger partial charge is 0.496 e. The Morgan fingerprint density at radius 1 is 1.32 bits per heavy atom. The summed E-state index contributed by atoms with van der Waals surface area (Å²) in [5.41, 5.74) is 2.23. The van der Waals surface area contributed by atoms with Crippen LogP contribution in [-0.2, 0) is 16.0 Å². The van der Waals surface area contributed by atoms with Gasteiger partial charge in [0.2, 0.25) is 5.91 Å². The third kappa shape index (κ3) is 7.27. The molecular weight excluding hydrogens is 509 g/mol. The number of nitrogens with one attached hydrogen (secondary N) is 3. The van der Waals surface area contributed by atoms with Gasteiger partial charge in [-0.3, -0.25) is 4.79 Å². The van der Waals surface area contributed by atoms with Gasteiger partial charge in [0.1, 0.15) is 12.3 Å². The number of H-pyrrole nitrogens is 1. The predicted molar refractivity (Wildman–Crippen MR) is 135 cm³/mol. The molecule has 3 N–H and O–H groups in total. The number of aromatic nitrogens is 1. The van der Waals surface area contributed by atoms with Crippen LogP contribution in [0.1, 0.15) is 24.8 Å². The van der Waals surface area contributed by atoms with Crippen molar-refractivity contribution in [2.45, 2.75) is 31.8 Å². The molecule has 0 saturated carbocycles. The Bertz CT molecular complexity index is 862. The number of nitrogens with zero attached hydrogens (tertiary/aromatic N) is 2. The smallest absolute Gasteiger partial charge is 0.243 e. The van der Waals surface area contributed by atoms with Crippen LogP contribution >= 0.6 is 24.0 Å². The van der Waals surface area contributed by atoms with Gasteiger partial charge in [0.05, 0.1) is 13.2 Å². The molecule has 0 radical (unpaired) electrons. The number of guanidine groups is 1. The van der Waals surface area contributed by atoms with Crippen LogP contribution in [0.15, 0.2) is 29.4 Å². The van der Waals surface area contributed by atoms with Crippen LogP contribution < -0.4 is 15.4 Å². The highest BCUT2D eigenvalue weighted by Gasteiger charge is 2.15. The molecule has 2 aromatic rings. The molecule has 1 amide bonds. The van der Waals surface area contributed by atoms with Crippen molar-refractivity contribution in [1.29, 1.82) is 0 Å². The second-order valence-corrected chi connectivity index (χ2v) is 7.70. The number of carbonyl (C=O) groups excluding carboxylic acids is 1. The first-order valence-corrected chi connectivity index (χ1v) is 10.6. The van der Waals surface area contributed by atoms with Crippen molar-refractivity contribution in [1.82, 2.24) is 20.5 Å². The highest BCUT2D eigenvalue weighted by atomic mass is 127. The Kier molecular flexibility index (Phi) is 10.4. The minimum Gasteiger partial charge on any atom is -0.496 e. The van der Waals surface area contributed by atoms with Gasteiger partial charge in [-0.1, -0.05) is 6.07 Å². The molecule has 3 rings (SSSR count). The summed E-state index contributed by atoms with van der Waals surface area (Å²) in [5.74, 6) is 1.46. The van der Waals surface area contributed by atoms with E-state index in [2.05, 4.69) is 20.6 Å². The highest BCUT2D eigenvalue weighted by molar-refractivity contribution is 14.0. The molecule has 1 atom stereocenters. The summed E-state index contributed by atoms with van der Waals surface area (Å²) in [4.78, 5) is 21.3. The van der Waals surface area contributed by atoms with Gasteiger partial charge in [-0.25, -0.2) is 4.99 Å². The molecule has 1 fully saturated rings. The van der Waals surface area contributed by atoms with Gasteiger partial charge in [-0.2, -0.15) is 0 Å². The van der Waals surface area contributed by atoms with Gasteiger partial charge in [0.25, 0.3) is 0 Å². The van der Waals surface area contributed by atoms with E-state index in [-0.39, 0.29) is 42.5 Å². The number of benzene rings is 1. The number of hydrogen-bond acceptors (Lipinski definition) is 4. The Morgan fingerprint density at radius 3 is 2.87 bits per heavy atom. The molecule has 1 aromatic heterocycles. The number of amides is 1. The van der Waals surface area contributed by atoms with Crippen LogP contribution in [0.4, 0.5) is 0 Å². The molecule has 8 nitrogen and oxygen atoms in total. The zero-order valence-corrected chi connectivity index (χ0v) is 20.9. The van der Waals surface area contributed by atoms with Gasteiger partial charge >= 0.3 is 0 Å². The fourth-order valence-electron chi connectivity index (χ4n) is 3.54. The van der Waals surface area contributed by atoms with Crippen LogP contribution in [0.25, 0.3) is 10.9 Å². The van der Waals surface area contributed by atoms with E-state index in [4.69, 9.17) is 9.47 Å². The minimum atomic E-state index is -0.0358. The highest BCUT2D eigenvalue weighted by Crippen LogP contribution is 2.28. The van der Waals surface area contributed by atoms with Gasteiger partial charge in [0.15, 0.2) is 5.96 Å². The lowest BCUT2D eigenvalue weighted by molar-refractivity contribution is -0.127. The van der Waals surface area contributed by atoms with Gasteiger partial charge in [0, 0.05) is 50.9 Å². The van der Waals surface area contributed by atoms with E-state index in [1.54, 1.807) is 26.1 Å². The number of likely N-dealkylation sites (N-methyl/N-ethyl adjacent to an activating group) is 1. The average Bonchev–Trinajstić information content (AvgIpc) is 3.18. The summed E-state index contributed by atoms with van der Waals surface area (Å²) in [7, 11) is 5.16. The fraction of sp³-hybridized carbons (Fsp3) is 0.545. The summed E-state index contributed by atoms with van der Waals surface area (Å²) in [5, 5.41) is 7.79. The van der Waals surface area contributed by atoms with Crippen LogP contribution in [0.3, 0.4) is 0 Å². The Hall–Kier alpha value is -2.01. The number of halogens is 1. The quantitative estimate of drug-likeness (QED) is 0.271.